The first kappa shape index (κ1) is 15.8. The Balaban J connectivity index is 2.12. The van der Waals surface area contributed by atoms with Crippen LogP contribution in [-0.2, 0) is 12.0 Å². The van der Waals surface area contributed by atoms with E-state index in [4.69, 9.17) is 4.98 Å². The number of hydrogen-bond acceptors (Lipinski definition) is 4. The highest BCUT2D eigenvalue weighted by atomic mass is 32.1. The molecule has 1 aromatic rings. The van der Waals surface area contributed by atoms with E-state index in [1.807, 2.05) is 11.3 Å². The summed E-state index contributed by atoms with van der Waals surface area (Å²) in [5.41, 5.74) is 1.40. The number of anilines is 1. The number of hydrogen-bond donors (Lipinski definition) is 1. The van der Waals surface area contributed by atoms with E-state index in [1.165, 1.54) is 41.4 Å². The van der Waals surface area contributed by atoms with Gasteiger partial charge in [-0.1, -0.05) is 34.1 Å². The zero-order chi connectivity index (χ0) is 14.8. The van der Waals surface area contributed by atoms with E-state index in [1.54, 1.807) is 0 Å². The normalized spacial score (nSPS) is 15.7. The molecule has 0 amide bonds. The molecule has 0 saturated heterocycles. The Kier molecular flexibility index (Phi) is 5.08. The minimum absolute atomic E-state index is 0.126. The Morgan fingerprint density at radius 2 is 2.05 bits per heavy atom. The molecular weight excluding hydrogens is 266 g/mol. The van der Waals surface area contributed by atoms with Crippen molar-refractivity contribution in [3.8, 4) is 0 Å². The van der Waals surface area contributed by atoms with Crippen molar-refractivity contribution in [1.82, 2.24) is 10.3 Å². The van der Waals surface area contributed by atoms with Gasteiger partial charge >= 0.3 is 0 Å². The van der Waals surface area contributed by atoms with Gasteiger partial charge in [0.05, 0.1) is 5.69 Å². The van der Waals surface area contributed by atoms with Gasteiger partial charge in [0, 0.05) is 36.5 Å². The summed E-state index contributed by atoms with van der Waals surface area (Å²) in [6, 6.07) is 0.756. The monoisotopic (exact) mass is 295 g/mol. The number of rotatable bonds is 7. The molecule has 0 aromatic carbocycles. The topological polar surface area (TPSA) is 28.2 Å². The van der Waals surface area contributed by atoms with Gasteiger partial charge in [0.15, 0.2) is 5.13 Å². The average Bonchev–Trinajstić information content (AvgIpc) is 3.10. The van der Waals surface area contributed by atoms with E-state index in [2.05, 4.69) is 45.0 Å². The minimum Gasteiger partial charge on any atom is -0.351 e. The van der Waals surface area contributed by atoms with E-state index in [0.29, 0.717) is 0 Å². The van der Waals surface area contributed by atoms with E-state index in [0.717, 1.165) is 19.1 Å². The first-order valence-electron chi connectivity index (χ1n) is 7.86. The molecule has 0 aliphatic heterocycles. The van der Waals surface area contributed by atoms with Crippen LogP contribution in [0, 0.1) is 0 Å². The summed E-state index contributed by atoms with van der Waals surface area (Å²) in [6.45, 7) is 11.1. The van der Waals surface area contributed by atoms with Crippen molar-refractivity contribution in [2.75, 3.05) is 18.5 Å². The molecule has 0 bridgehead atoms. The van der Waals surface area contributed by atoms with Crippen molar-refractivity contribution in [2.24, 2.45) is 0 Å². The predicted molar refractivity (Wildman–Crippen MR) is 88.9 cm³/mol. The van der Waals surface area contributed by atoms with Crippen LogP contribution in [0.5, 0.6) is 0 Å². The van der Waals surface area contributed by atoms with Crippen molar-refractivity contribution in [2.45, 2.75) is 71.4 Å². The zero-order valence-electron chi connectivity index (χ0n) is 13.6. The lowest BCUT2D eigenvalue weighted by Crippen LogP contribution is -2.20. The molecular formula is C16H29N3S. The smallest absolute Gasteiger partial charge is 0.185 e. The van der Waals surface area contributed by atoms with Gasteiger partial charge in [-0.25, -0.2) is 4.98 Å². The van der Waals surface area contributed by atoms with E-state index >= 15 is 0 Å². The van der Waals surface area contributed by atoms with Crippen LogP contribution in [-0.4, -0.2) is 24.6 Å². The van der Waals surface area contributed by atoms with Crippen molar-refractivity contribution >= 4 is 16.5 Å². The summed E-state index contributed by atoms with van der Waals surface area (Å²) in [7, 11) is 2.17. The molecule has 4 heteroatoms. The third-order valence-corrected chi connectivity index (χ3v) is 4.87. The minimum atomic E-state index is 0.126. The summed E-state index contributed by atoms with van der Waals surface area (Å²) >= 11 is 1.87. The summed E-state index contributed by atoms with van der Waals surface area (Å²) in [6.07, 6.45) is 5.15. The van der Waals surface area contributed by atoms with Gasteiger partial charge in [-0.3, -0.25) is 0 Å². The van der Waals surface area contributed by atoms with Crippen LogP contribution in [0.15, 0.2) is 0 Å². The van der Waals surface area contributed by atoms with Crippen molar-refractivity contribution in [3.05, 3.63) is 10.6 Å². The fraction of sp³-hybridized carbons (Fsp3) is 0.812. The van der Waals surface area contributed by atoms with Gasteiger partial charge in [-0.2, -0.15) is 0 Å². The van der Waals surface area contributed by atoms with Gasteiger partial charge in [-0.15, -0.1) is 11.3 Å². The van der Waals surface area contributed by atoms with Crippen LogP contribution >= 0.6 is 11.3 Å². The molecule has 1 saturated carbocycles. The predicted octanol–water partition coefficient (Wildman–Crippen LogP) is 3.93. The van der Waals surface area contributed by atoms with E-state index in [9.17, 15) is 0 Å². The van der Waals surface area contributed by atoms with Crippen LogP contribution in [0.2, 0.25) is 0 Å². The highest BCUT2D eigenvalue weighted by molar-refractivity contribution is 7.15. The van der Waals surface area contributed by atoms with Crippen LogP contribution in [0.1, 0.15) is 63.9 Å². The quantitative estimate of drug-likeness (QED) is 0.826. The third kappa shape index (κ3) is 4.19. The Morgan fingerprint density at radius 1 is 1.35 bits per heavy atom. The lowest BCUT2D eigenvalue weighted by atomic mass is 9.91. The Labute approximate surface area is 127 Å². The van der Waals surface area contributed by atoms with Gasteiger partial charge in [0.1, 0.15) is 0 Å². The number of aromatic nitrogens is 1. The van der Waals surface area contributed by atoms with Gasteiger partial charge < -0.3 is 10.2 Å². The Hall–Kier alpha value is -0.610. The molecule has 2 rings (SSSR count). The highest BCUT2D eigenvalue weighted by Gasteiger charge is 2.26. The maximum absolute atomic E-state index is 4.94. The molecule has 1 N–H and O–H groups in total. The summed E-state index contributed by atoms with van der Waals surface area (Å²) in [5.74, 6) is 0. The van der Waals surface area contributed by atoms with E-state index in [-0.39, 0.29) is 5.41 Å². The van der Waals surface area contributed by atoms with Crippen molar-refractivity contribution in [1.29, 1.82) is 0 Å². The molecule has 0 atom stereocenters. The number of thiazole rings is 1. The van der Waals surface area contributed by atoms with Crippen LogP contribution < -0.4 is 10.2 Å². The second-order valence-corrected chi connectivity index (χ2v) is 8.01. The number of nitrogens with one attached hydrogen (secondary N) is 1. The molecule has 1 heterocycles. The first-order valence-corrected chi connectivity index (χ1v) is 8.68. The van der Waals surface area contributed by atoms with Crippen LogP contribution in [0.4, 0.5) is 5.13 Å². The number of nitrogens with zero attached hydrogens (tertiary/aromatic N) is 2. The lowest BCUT2D eigenvalue weighted by molar-refractivity contribution is 0.558. The third-order valence-electron chi connectivity index (χ3n) is 3.70. The van der Waals surface area contributed by atoms with Gasteiger partial charge in [-0.05, 0) is 19.3 Å². The zero-order valence-corrected chi connectivity index (χ0v) is 14.4. The molecule has 1 aromatic heterocycles. The SMILES string of the molecule is CCCCN(C)c1nc(C(C)(C)C)c(CNC2CC2)s1. The standard InChI is InChI=1S/C16H29N3S/c1-6-7-10-19(5)15-18-14(16(2,3)4)13(20-15)11-17-12-8-9-12/h12,17H,6-11H2,1-5H3. The average molecular weight is 295 g/mol. The molecule has 1 aliphatic rings. The summed E-state index contributed by atoms with van der Waals surface area (Å²) in [4.78, 5) is 8.67. The van der Waals surface area contributed by atoms with Crippen molar-refractivity contribution < 1.29 is 0 Å². The fourth-order valence-corrected chi connectivity index (χ4v) is 3.43. The molecule has 20 heavy (non-hydrogen) atoms. The molecule has 3 nitrogen and oxygen atoms in total. The van der Waals surface area contributed by atoms with E-state index < -0.39 is 0 Å². The molecule has 0 unspecified atom stereocenters. The first-order chi connectivity index (χ1) is 9.41. The Morgan fingerprint density at radius 3 is 2.60 bits per heavy atom. The second kappa shape index (κ2) is 6.44. The van der Waals surface area contributed by atoms with Gasteiger partial charge in [0.25, 0.3) is 0 Å². The van der Waals surface area contributed by atoms with Crippen LogP contribution in [0.25, 0.3) is 0 Å². The van der Waals surface area contributed by atoms with Gasteiger partial charge in [0.2, 0.25) is 0 Å². The second-order valence-electron chi connectivity index (χ2n) is 6.95. The fourth-order valence-electron chi connectivity index (χ4n) is 2.22. The maximum Gasteiger partial charge on any atom is 0.185 e. The molecule has 1 aliphatic carbocycles. The van der Waals surface area contributed by atoms with Crippen LogP contribution in [0.3, 0.4) is 0 Å². The molecule has 0 spiro atoms. The summed E-state index contributed by atoms with van der Waals surface area (Å²) < 4.78 is 0. The lowest BCUT2D eigenvalue weighted by Gasteiger charge is -2.18. The highest BCUT2D eigenvalue weighted by Crippen LogP contribution is 2.34. The molecule has 0 radical (unpaired) electrons. The largest absolute Gasteiger partial charge is 0.351 e. The summed E-state index contributed by atoms with van der Waals surface area (Å²) in [5, 5.41) is 4.81. The molecule has 114 valence electrons. The molecule has 1 fully saturated rings. The van der Waals surface area contributed by atoms with Crippen molar-refractivity contribution in [3.63, 3.8) is 0 Å². The Bertz CT molecular complexity index is 429. The number of unbranched alkanes of at least 4 members (excludes halogenated alkanes) is 1. The maximum atomic E-state index is 4.94.